The lowest BCUT2D eigenvalue weighted by molar-refractivity contribution is -0.148. The zero-order valence-electron chi connectivity index (χ0n) is 31.8. The van der Waals surface area contributed by atoms with Crippen molar-refractivity contribution in [1.82, 2.24) is 24.8 Å². The molecule has 7 rings (SSSR count). The normalized spacial score (nSPS) is 24.5. The van der Waals surface area contributed by atoms with E-state index in [-0.39, 0.29) is 37.6 Å². The van der Waals surface area contributed by atoms with Gasteiger partial charge in [0.25, 0.3) is 5.91 Å². The number of piperidine rings is 1. The molecule has 0 radical (unpaired) electrons. The number of benzene rings is 2. The molecule has 2 saturated heterocycles. The van der Waals surface area contributed by atoms with E-state index in [4.69, 9.17) is 9.72 Å². The molecule has 4 amide bonds. The van der Waals surface area contributed by atoms with Crippen molar-refractivity contribution in [3.05, 3.63) is 73.3 Å². The molecule has 12 nitrogen and oxygen atoms in total. The van der Waals surface area contributed by atoms with Crippen LogP contribution in [0.15, 0.2) is 73.3 Å². The molecule has 2 aromatic carbocycles. The van der Waals surface area contributed by atoms with E-state index < -0.39 is 62.0 Å². The van der Waals surface area contributed by atoms with Crippen LogP contribution in [0, 0.1) is 17.3 Å². The van der Waals surface area contributed by atoms with E-state index in [1.54, 1.807) is 0 Å². The molecule has 3 heterocycles. The molecular weight excluding hydrogens is 719 g/mol. The first-order valence-corrected chi connectivity index (χ1v) is 21.0. The minimum absolute atomic E-state index is 0.00195. The molecule has 4 aliphatic rings. The zero-order chi connectivity index (χ0) is 39.1. The fraction of sp³-hybridized carbons (Fsp3) is 0.500. The molecule has 292 valence electrons. The molecule has 55 heavy (non-hydrogen) atoms. The Balaban J connectivity index is 1.20. The number of para-hydroxylation sites is 1. The third-order valence-electron chi connectivity index (χ3n) is 11.6. The molecule has 2 aliphatic heterocycles. The molecule has 2 aliphatic carbocycles. The summed E-state index contributed by atoms with van der Waals surface area (Å²) < 4.78 is 34.5. The maximum Gasteiger partial charge on any atom is 0.259 e. The lowest BCUT2D eigenvalue weighted by Gasteiger charge is -2.36. The Bertz CT molecular complexity index is 2090. The summed E-state index contributed by atoms with van der Waals surface area (Å²) >= 11 is 0. The molecular formula is C42H51N5O7S. The highest BCUT2D eigenvalue weighted by Crippen LogP contribution is 2.46. The van der Waals surface area contributed by atoms with Crippen LogP contribution in [0.1, 0.15) is 72.1 Å². The van der Waals surface area contributed by atoms with E-state index in [2.05, 4.69) is 16.6 Å². The van der Waals surface area contributed by atoms with Crippen molar-refractivity contribution in [3.63, 3.8) is 0 Å². The molecule has 2 unspecified atom stereocenters. The molecule has 0 spiro atoms. The van der Waals surface area contributed by atoms with Crippen LogP contribution in [-0.4, -0.2) is 89.4 Å². The number of carbonyl (C=O) groups is 4. The summed E-state index contributed by atoms with van der Waals surface area (Å²) in [7, 11) is -3.88. The van der Waals surface area contributed by atoms with Crippen molar-refractivity contribution in [2.45, 2.75) is 95.1 Å². The van der Waals surface area contributed by atoms with Crippen molar-refractivity contribution in [1.29, 1.82) is 0 Å². The highest BCUT2D eigenvalue weighted by molar-refractivity contribution is 7.91. The first kappa shape index (κ1) is 38.5. The van der Waals surface area contributed by atoms with Gasteiger partial charge in [-0.1, -0.05) is 69.3 Å². The Morgan fingerprint density at radius 2 is 1.71 bits per heavy atom. The third kappa shape index (κ3) is 8.13. The van der Waals surface area contributed by atoms with E-state index in [1.807, 2.05) is 86.3 Å². The summed E-state index contributed by atoms with van der Waals surface area (Å²) in [6.45, 7) is 10.9. The van der Waals surface area contributed by atoms with Crippen molar-refractivity contribution < 1.29 is 32.3 Å². The van der Waals surface area contributed by atoms with Gasteiger partial charge in [0, 0.05) is 48.9 Å². The van der Waals surface area contributed by atoms with Gasteiger partial charge in [-0.2, -0.15) is 0 Å². The number of hydrogen-bond donors (Lipinski definition) is 2. The van der Waals surface area contributed by atoms with Crippen LogP contribution >= 0.6 is 0 Å². The van der Waals surface area contributed by atoms with E-state index in [0.717, 1.165) is 35.7 Å². The van der Waals surface area contributed by atoms with Crippen LogP contribution in [0.2, 0.25) is 0 Å². The van der Waals surface area contributed by atoms with Crippen LogP contribution in [0.25, 0.3) is 22.2 Å². The van der Waals surface area contributed by atoms with Gasteiger partial charge in [-0.25, -0.2) is 13.4 Å². The summed E-state index contributed by atoms with van der Waals surface area (Å²) in [5.74, 6) is -2.53. The number of aromatic nitrogens is 1. The maximum atomic E-state index is 14.8. The number of ether oxygens (including phenoxy) is 1. The van der Waals surface area contributed by atoms with Crippen molar-refractivity contribution in [2.75, 3.05) is 19.6 Å². The number of likely N-dealkylation sites (tertiary alicyclic amines) is 2. The average molecular weight is 770 g/mol. The minimum atomic E-state index is -3.88. The third-order valence-corrected chi connectivity index (χ3v) is 13.4. The Morgan fingerprint density at radius 3 is 2.36 bits per heavy atom. The van der Waals surface area contributed by atoms with Gasteiger partial charge in [-0.05, 0) is 56.1 Å². The first-order chi connectivity index (χ1) is 26.2. The standard InChI is InChI=1S/C42H51N5O7S/c1-5-28-25-42(28,40(51)45-55(52,53)30-18-19-30)44-38(49)35-22-29(26-47(35)39(50)32(41(2,3)4)23-37(48)46-20-12-7-13-21-46)54-36-24-34(27-14-8-6-9-15-27)43-33-17-11-10-16-31(33)36/h5-6,8-11,14-17,24,28-30,32,35H,1,7,12-13,18-23,25-26H2,2-4H3,(H,44,49)(H,45,51)/t28?,29-,32?,35+,42-/m1/s1. The van der Waals surface area contributed by atoms with Gasteiger partial charge in [0.1, 0.15) is 23.4 Å². The highest BCUT2D eigenvalue weighted by Gasteiger charge is 2.62. The van der Waals surface area contributed by atoms with E-state index in [9.17, 15) is 27.6 Å². The maximum absolute atomic E-state index is 14.8. The fourth-order valence-corrected chi connectivity index (χ4v) is 9.35. The predicted molar refractivity (Wildman–Crippen MR) is 209 cm³/mol. The smallest absolute Gasteiger partial charge is 0.259 e. The van der Waals surface area contributed by atoms with Gasteiger partial charge in [0.2, 0.25) is 27.7 Å². The molecule has 2 saturated carbocycles. The molecule has 13 heteroatoms. The number of carbonyl (C=O) groups excluding carboxylic acids is 4. The average Bonchev–Trinajstić information content (AvgIpc) is 4.10. The molecule has 2 N–H and O–H groups in total. The zero-order valence-corrected chi connectivity index (χ0v) is 32.6. The number of pyridine rings is 1. The largest absolute Gasteiger partial charge is 0.488 e. The minimum Gasteiger partial charge on any atom is -0.488 e. The number of amides is 4. The second kappa shape index (κ2) is 15.0. The van der Waals surface area contributed by atoms with Gasteiger partial charge in [-0.15, -0.1) is 6.58 Å². The SMILES string of the molecule is C=CC1C[C@]1(NC(=O)[C@@H]1C[C@@H](Oc2cc(-c3ccccc3)nc3ccccc23)CN1C(=O)C(CC(=O)N1CCCCC1)C(C)(C)C)C(=O)NS(=O)(=O)C1CC1. The Morgan fingerprint density at radius 1 is 1.02 bits per heavy atom. The molecule has 1 aromatic heterocycles. The topological polar surface area (TPSA) is 155 Å². The number of nitrogens with one attached hydrogen (secondary N) is 2. The monoisotopic (exact) mass is 769 g/mol. The van der Waals surface area contributed by atoms with Crippen molar-refractivity contribution in [3.8, 4) is 17.0 Å². The van der Waals surface area contributed by atoms with Crippen LogP contribution in [0.4, 0.5) is 0 Å². The quantitative estimate of drug-likeness (QED) is 0.245. The summed E-state index contributed by atoms with van der Waals surface area (Å²) in [5, 5.41) is 3.02. The van der Waals surface area contributed by atoms with E-state index >= 15 is 0 Å². The summed E-state index contributed by atoms with van der Waals surface area (Å²) in [6, 6.07) is 18.1. The lowest BCUT2D eigenvalue weighted by Crippen LogP contribution is -2.57. The van der Waals surface area contributed by atoms with Gasteiger partial charge >= 0.3 is 0 Å². The summed E-state index contributed by atoms with van der Waals surface area (Å²) in [4.78, 5) is 64.7. The van der Waals surface area contributed by atoms with Gasteiger partial charge in [0.15, 0.2) is 0 Å². The second-order valence-corrected chi connectivity index (χ2v) is 18.6. The van der Waals surface area contributed by atoms with Gasteiger partial charge in [-0.3, -0.25) is 23.9 Å². The number of rotatable bonds is 12. The number of sulfonamides is 1. The highest BCUT2D eigenvalue weighted by atomic mass is 32.2. The molecule has 4 fully saturated rings. The van der Waals surface area contributed by atoms with E-state index in [1.165, 1.54) is 11.0 Å². The van der Waals surface area contributed by atoms with Crippen LogP contribution in [0.5, 0.6) is 5.75 Å². The van der Waals surface area contributed by atoms with Crippen LogP contribution < -0.4 is 14.8 Å². The molecule has 0 bridgehead atoms. The van der Waals surface area contributed by atoms with Crippen molar-refractivity contribution >= 4 is 44.6 Å². The number of fused-ring (bicyclic) bond motifs is 1. The number of nitrogens with zero attached hydrogens (tertiary/aromatic N) is 3. The summed E-state index contributed by atoms with van der Waals surface area (Å²) in [5.41, 5.74) is 0.183. The molecule has 5 atom stereocenters. The van der Waals surface area contributed by atoms with Gasteiger partial charge < -0.3 is 19.9 Å². The summed E-state index contributed by atoms with van der Waals surface area (Å²) in [6.07, 6.45) is 5.03. The Kier molecular flexibility index (Phi) is 10.5. The van der Waals surface area contributed by atoms with Gasteiger partial charge in [0.05, 0.1) is 28.9 Å². The number of hydrogen-bond acceptors (Lipinski definition) is 8. The lowest BCUT2D eigenvalue weighted by atomic mass is 9.77. The first-order valence-electron chi connectivity index (χ1n) is 19.4. The van der Waals surface area contributed by atoms with E-state index in [0.29, 0.717) is 37.4 Å². The Hall–Kier alpha value is -4.78. The van der Waals surface area contributed by atoms with Crippen LogP contribution in [0.3, 0.4) is 0 Å². The molecule has 3 aromatic rings. The predicted octanol–water partition coefficient (Wildman–Crippen LogP) is 4.98. The fourth-order valence-electron chi connectivity index (χ4n) is 7.98. The Labute approximate surface area is 323 Å². The van der Waals surface area contributed by atoms with Crippen molar-refractivity contribution in [2.24, 2.45) is 17.3 Å². The van der Waals surface area contributed by atoms with Crippen LogP contribution in [-0.2, 0) is 29.2 Å². The second-order valence-electron chi connectivity index (χ2n) is 16.6.